The second kappa shape index (κ2) is 12.0. The van der Waals surface area contributed by atoms with Gasteiger partial charge in [0.05, 0.1) is 23.4 Å². The zero-order chi connectivity index (χ0) is 25.4. The molecule has 2 amide bonds. The minimum atomic E-state index is -0.931. The molecule has 0 saturated heterocycles. The van der Waals surface area contributed by atoms with E-state index in [1.807, 2.05) is 19.1 Å². The van der Waals surface area contributed by atoms with Gasteiger partial charge in [0.25, 0.3) is 0 Å². The Kier molecular flexibility index (Phi) is 8.83. The number of carbonyl (C=O) groups is 3. The van der Waals surface area contributed by atoms with E-state index in [4.69, 9.17) is 32.7 Å². The number of amides is 2. The summed E-state index contributed by atoms with van der Waals surface area (Å²) in [7, 11) is 0. The quantitative estimate of drug-likeness (QED) is 0.152. The van der Waals surface area contributed by atoms with Crippen molar-refractivity contribution < 1.29 is 23.9 Å². The molecular weight excluding hydrogens is 493 g/mol. The third-order valence-electron chi connectivity index (χ3n) is 4.60. The van der Waals surface area contributed by atoms with Crippen LogP contribution in [0.4, 0.5) is 5.69 Å². The Morgan fingerprint density at radius 1 is 0.971 bits per heavy atom. The first-order valence-corrected chi connectivity index (χ1v) is 11.2. The fraction of sp³-hybridized carbons (Fsp3) is 0.120. The molecule has 0 bridgehead atoms. The molecule has 2 N–H and O–H groups in total. The number of halogens is 2. The van der Waals surface area contributed by atoms with Crippen molar-refractivity contribution in [1.29, 1.82) is 0 Å². The molecule has 0 spiro atoms. The third-order valence-corrected chi connectivity index (χ3v) is 5.15. The van der Waals surface area contributed by atoms with Gasteiger partial charge in [-0.1, -0.05) is 41.4 Å². The first-order valence-electron chi connectivity index (χ1n) is 10.4. The Morgan fingerprint density at radius 2 is 1.74 bits per heavy atom. The Balaban J connectivity index is 1.66. The molecule has 10 heteroatoms. The van der Waals surface area contributed by atoms with E-state index in [-0.39, 0.29) is 22.1 Å². The van der Waals surface area contributed by atoms with E-state index in [0.717, 1.165) is 5.56 Å². The van der Waals surface area contributed by atoms with Gasteiger partial charge in [-0.25, -0.2) is 10.2 Å². The lowest BCUT2D eigenvalue weighted by atomic mass is 10.2. The molecule has 0 heterocycles. The van der Waals surface area contributed by atoms with Crippen molar-refractivity contribution in [2.45, 2.75) is 13.8 Å². The number of hydrogen-bond donors (Lipinski definition) is 2. The zero-order valence-electron chi connectivity index (χ0n) is 18.8. The molecule has 180 valence electrons. The van der Waals surface area contributed by atoms with Crippen LogP contribution < -0.4 is 20.2 Å². The van der Waals surface area contributed by atoms with Crippen molar-refractivity contribution in [2.75, 3.05) is 11.9 Å². The minimum absolute atomic E-state index is 0.149. The van der Waals surface area contributed by atoms with E-state index < -0.39 is 17.8 Å². The summed E-state index contributed by atoms with van der Waals surface area (Å²) in [5.74, 6) is -2.02. The first-order chi connectivity index (χ1) is 16.8. The van der Waals surface area contributed by atoms with Crippen LogP contribution in [-0.2, 0) is 9.59 Å². The first kappa shape index (κ1) is 25.7. The molecule has 0 atom stereocenters. The van der Waals surface area contributed by atoms with Crippen molar-refractivity contribution in [1.82, 2.24) is 5.43 Å². The Bertz CT molecular complexity index is 1290. The van der Waals surface area contributed by atoms with Crippen molar-refractivity contribution >= 4 is 52.9 Å². The zero-order valence-corrected chi connectivity index (χ0v) is 20.3. The van der Waals surface area contributed by atoms with Crippen LogP contribution in [-0.4, -0.2) is 30.6 Å². The SMILES string of the molecule is CCOc1cc(/C=N/NC(=O)C(=O)Nc2ccccc2C)ccc1OC(=O)c1ccc(Cl)cc1Cl. The van der Waals surface area contributed by atoms with Crippen LogP contribution in [0.1, 0.15) is 28.4 Å². The third kappa shape index (κ3) is 7.05. The molecule has 0 fully saturated rings. The van der Waals surface area contributed by atoms with Gasteiger partial charge < -0.3 is 14.8 Å². The van der Waals surface area contributed by atoms with Crippen molar-refractivity contribution in [3.05, 3.63) is 87.4 Å². The lowest BCUT2D eigenvalue weighted by Gasteiger charge is -2.12. The van der Waals surface area contributed by atoms with Gasteiger partial charge in [0.1, 0.15) is 0 Å². The van der Waals surface area contributed by atoms with Gasteiger partial charge >= 0.3 is 17.8 Å². The van der Waals surface area contributed by atoms with E-state index in [1.165, 1.54) is 30.5 Å². The highest BCUT2D eigenvalue weighted by Crippen LogP contribution is 2.30. The van der Waals surface area contributed by atoms with Crippen molar-refractivity contribution in [2.24, 2.45) is 5.10 Å². The fourth-order valence-electron chi connectivity index (χ4n) is 2.88. The molecular formula is C25H21Cl2N3O5. The van der Waals surface area contributed by atoms with Gasteiger partial charge in [-0.3, -0.25) is 9.59 Å². The molecule has 0 aliphatic carbocycles. The van der Waals surface area contributed by atoms with Crippen LogP contribution in [0.3, 0.4) is 0 Å². The molecule has 8 nitrogen and oxygen atoms in total. The van der Waals surface area contributed by atoms with Gasteiger partial charge in [0, 0.05) is 10.7 Å². The number of ether oxygens (including phenoxy) is 2. The Morgan fingerprint density at radius 3 is 2.46 bits per heavy atom. The van der Waals surface area contributed by atoms with Gasteiger partial charge in [-0.15, -0.1) is 0 Å². The summed E-state index contributed by atoms with van der Waals surface area (Å²) in [5, 5.41) is 6.88. The second-order valence-corrected chi connectivity index (χ2v) is 7.96. The molecule has 0 aromatic heterocycles. The number of aryl methyl sites for hydroxylation is 1. The van der Waals surface area contributed by atoms with Crippen LogP contribution in [0.2, 0.25) is 10.0 Å². The molecule has 0 aliphatic rings. The number of esters is 1. The number of rotatable bonds is 7. The molecule has 0 radical (unpaired) electrons. The summed E-state index contributed by atoms with van der Waals surface area (Å²) in [6, 6.07) is 16.2. The Hall–Kier alpha value is -3.88. The Labute approximate surface area is 211 Å². The fourth-order valence-corrected chi connectivity index (χ4v) is 3.36. The van der Waals surface area contributed by atoms with E-state index in [1.54, 1.807) is 31.2 Å². The summed E-state index contributed by atoms with van der Waals surface area (Å²) in [6.45, 7) is 3.89. The minimum Gasteiger partial charge on any atom is -0.490 e. The summed E-state index contributed by atoms with van der Waals surface area (Å²) < 4.78 is 11.0. The summed E-state index contributed by atoms with van der Waals surface area (Å²) in [6.07, 6.45) is 1.32. The van der Waals surface area contributed by atoms with E-state index in [9.17, 15) is 14.4 Å². The van der Waals surface area contributed by atoms with E-state index in [2.05, 4.69) is 15.8 Å². The van der Waals surface area contributed by atoms with Gasteiger partial charge in [0.15, 0.2) is 11.5 Å². The highest BCUT2D eigenvalue weighted by atomic mass is 35.5. The molecule has 0 unspecified atom stereocenters. The average molecular weight is 514 g/mol. The summed E-state index contributed by atoms with van der Waals surface area (Å²) in [4.78, 5) is 36.6. The normalized spacial score (nSPS) is 10.6. The van der Waals surface area contributed by atoms with Crippen molar-refractivity contribution in [3.8, 4) is 11.5 Å². The van der Waals surface area contributed by atoms with Crippen molar-refractivity contribution in [3.63, 3.8) is 0 Å². The van der Waals surface area contributed by atoms with Crippen LogP contribution in [0.15, 0.2) is 65.8 Å². The smallest absolute Gasteiger partial charge is 0.345 e. The van der Waals surface area contributed by atoms with Crippen LogP contribution in [0.25, 0.3) is 0 Å². The molecule has 3 aromatic rings. The maximum Gasteiger partial charge on any atom is 0.345 e. The van der Waals surface area contributed by atoms with E-state index in [0.29, 0.717) is 22.9 Å². The lowest BCUT2D eigenvalue weighted by molar-refractivity contribution is -0.136. The second-order valence-electron chi connectivity index (χ2n) is 7.12. The molecule has 35 heavy (non-hydrogen) atoms. The van der Waals surface area contributed by atoms with Gasteiger partial charge in [-0.05, 0) is 67.4 Å². The van der Waals surface area contributed by atoms with Crippen LogP contribution >= 0.6 is 23.2 Å². The van der Waals surface area contributed by atoms with Gasteiger partial charge in [-0.2, -0.15) is 5.10 Å². The number of hydrogen-bond acceptors (Lipinski definition) is 6. The average Bonchev–Trinajstić information content (AvgIpc) is 2.82. The predicted molar refractivity (Wildman–Crippen MR) is 135 cm³/mol. The monoisotopic (exact) mass is 513 g/mol. The highest BCUT2D eigenvalue weighted by Gasteiger charge is 2.17. The predicted octanol–water partition coefficient (Wildman–Crippen LogP) is 5.01. The topological polar surface area (TPSA) is 106 Å². The molecule has 0 aliphatic heterocycles. The molecule has 0 saturated carbocycles. The lowest BCUT2D eigenvalue weighted by Crippen LogP contribution is -2.32. The number of anilines is 1. The summed E-state index contributed by atoms with van der Waals surface area (Å²) >= 11 is 11.9. The number of para-hydroxylation sites is 1. The number of carbonyl (C=O) groups excluding carboxylic acids is 3. The highest BCUT2D eigenvalue weighted by molar-refractivity contribution is 6.39. The number of benzene rings is 3. The van der Waals surface area contributed by atoms with Gasteiger partial charge in [0.2, 0.25) is 0 Å². The number of hydrazone groups is 1. The van der Waals surface area contributed by atoms with Crippen LogP contribution in [0, 0.1) is 6.92 Å². The summed E-state index contributed by atoms with van der Waals surface area (Å²) in [5.41, 5.74) is 4.19. The van der Waals surface area contributed by atoms with E-state index >= 15 is 0 Å². The maximum atomic E-state index is 12.5. The van der Waals surface area contributed by atoms with Crippen LogP contribution in [0.5, 0.6) is 11.5 Å². The number of nitrogens with zero attached hydrogens (tertiary/aromatic N) is 1. The standard InChI is InChI=1S/C25H21Cl2N3O5/c1-3-34-22-12-16(8-11-21(22)35-25(33)18-10-9-17(26)13-19(18)27)14-28-30-24(32)23(31)29-20-7-5-4-6-15(20)2/h4-14H,3H2,1-2H3,(H,29,31)(H,30,32)/b28-14+. The maximum absolute atomic E-state index is 12.5. The molecule has 3 aromatic carbocycles. The number of nitrogens with one attached hydrogen (secondary N) is 2. The molecule has 3 rings (SSSR count). The largest absolute Gasteiger partial charge is 0.490 e.